The Labute approximate surface area is 63.8 Å². The van der Waals surface area contributed by atoms with E-state index in [0.29, 0.717) is 5.75 Å². The van der Waals surface area contributed by atoms with Gasteiger partial charge < -0.3 is 14.7 Å². The first-order chi connectivity index (χ1) is 4.79. The molecule has 2 N–H and O–H groups in total. The van der Waals surface area contributed by atoms with E-state index < -0.39 is 7.32 Å². The fraction of sp³-hybridized carbons (Fsp3) is 0. The van der Waals surface area contributed by atoms with Crippen molar-refractivity contribution in [3.05, 3.63) is 30.3 Å². The molecule has 0 heterocycles. The van der Waals surface area contributed by atoms with Gasteiger partial charge in [0.25, 0.3) is 0 Å². The fourth-order valence-corrected chi connectivity index (χ4v) is 0.621. The highest BCUT2D eigenvalue weighted by molar-refractivity contribution is 6.33. The summed E-state index contributed by atoms with van der Waals surface area (Å²) in [5.74, 6) is 0.442. The van der Waals surface area contributed by atoms with Gasteiger partial charge in [-0.25, -0.2) is 0 Å². The Balaban J connectivity index is 0.000001000. The molecular weight excluding hydrogens is 150 g/mol. The molecule has 60 valence electrons. The van der Waals surface area contributed by atoms with Crippen molar-refractivity contribution >= 4 is 7.32 Å². The van der Waals surface area contributed by atoms with Gasteiger partial charge in [-0.1, -0.05) is 18.2 Å². The molecule has 0 aliphatic rings. The highest BCUT2D eigenvalue weighted by Crippen LogP contribution is 2.07. The van der Waals surface area contributed by atoms with Crippen LogP contribution in [0.5, 0.6) is 5.75 Å². The summed E-state index contributed by atoms with van der Waals surface area (Å²) in [4.78, 5) is 0. The predicted molar refractivity (Wildman–Crippen MR) is 39.8 cm³/mol. The molecule has 11 heavy (non-hydrogen) atoms. The molecular formula is C6H8BFO3. The molecule has 0 saturated heterocycles. The molecule has 0 spiro atoms. The molecule has 0 unspecified atom stereocenters. The van der Waals surface area contributed by atoms with E-state index in [2.05, 4.69) is 4.65 Å². The van der Waals surface area contributed by atoms with Crippen LogP contribution in [0.4, 0.5) is 4.70 Å². The summed E-state index contributed by atoms with van der Waals surface area (Å²) in [6.07, 6.45) is 0. The van der Waals surface area contributed by atoms with Crippen LogP contribution in [0.3, 0.4) is 0 Å². The van der Waals surface area contributed by atoms with E-state index in [4.69, 9.17) is 10.0 Å². The minimum absolute atomic E-state index is 0. The normalized spacial score (nSPS) is 8.18. The maximum atomic E-state index is 8.34. The van der Waals surface area contributed by atoms with Crippen LogP contribution in [0.1, 0.15) is 0 Å². The summed E-state index contributed by atoms with van der Waals surface area (Å²) in [6.45, 7) is 0. The number of benzene rings is 1. The van der Waals surface area contributed by atoms with Crippen LogP contribution >= 0.6 is 0 Å². The van der Waals surface area contributed by atoms with Crippen LogP contribution in [0.25, 0.3) is 0 Å². The first-order valence-corrected chi connectivity index (χ1v) is 2.87. The molecule has 0 saturated carbocycles. The first-order valence-electron chi connectivity index (χ1n) is 2.87. The quantitative estimate of drug-likeness (QED) is 0.603. The minimum atomic E-state index is -1.73. The molecule has 3 nitrogen and oxygen atoms in total. The van der Waals surface area contributed by atoms with Crippen molar-refractivity contribution < 1.29 is 19.4 Å². The maximum Gasteiger partial charge on any atom is 0.707 e. The topological polar surface area (TPSA) is 49.7 Å². The second-order valence-electron chi connectivity index (χ2n) is 1.76. The fourth-order valence-electron chi connectivity index (χ4n) is 0.621. The van der Waals surface area contributed by atoms with Crippen LogP contribution in [0.15, 0.2) is 30.3 Å². The van der Waals surface area contributed by atoms with Crippen molar-refractivity contribution in [2.24, 2.45) is 0 Å². The van der Waals surface area contributed by atoms with Gasteiger partial charge in [-0.05, 0) is 12.1 Å². The van der Waals surface area contributed by atoms with E-state index >= 15 is 0 Å². The Bertz CT molecular complexity index is 192. The molecule has 0 fully saturated rings. The Kier molecular flexibility index (Phi) is 4.25. The number of rotatable bonds is 2. The van der Waals surface area contributed by atoms with E-state index in [9.17, 15) is 0 Å². The lowest BCUT2D eigenvalue weighted by molar-refractivity contribution is 0.288. The summed E-state index contributed by atoms with van der Waals surface area (Å²) >= 11 is 0. The third kappa shape index (κ3) is 3.59. The second kappa shape index (κ2) is 4.70. The summed E-state index contributed by atoms with van der Waals surface area (Å²) in [7, 11) is -1.73. The predicted octanol–water partition coefficient (Wildman–Crippen LogP) is 0.187. The van der Waals surface area contributed by atoms with Gasteiger partial charge >= 0.3 is 7.32 Å². The Morgan fingerprint density at radius 3 is 2.09 bits per heavy atom. The second-order valence-corrected chi connectivity index (χ2v) is 1.76. The van der Waals surface area contributed by atoms with Crippen LogP contribution in [-0.4, -0.2) is 17.4 Å². The summed E-state index contributed by atoms with van der Waals surface area (Å²) in [5.41, 5.74) is 0. The lowest BCUT2D eigenvalue weighted by Crippen LogP contribution is -2.20. The molecule has 0 aromatic heterocycles. The van der Waals surface area contributed by atoms with Crippen LogP contribution in [0, 0.1) is 0 Å². The average Bonchev–Trinajstić information content (AvgIpc) is 1.88. The van der Waals surface area contributed by atoms with Crippen molar-refractivity contribution in [2.75, 3.05) is 0 Å². The number of halogens is 1. The first kappa shape index (κ1) is 9.93. The monoisotopic (exact) mass is 158 g/mol. The van der Waals surface area contributed by atoms with E-state index in [0.717, 1.165) is 0 Å². The van der Waals surface area contributed by atoms with Crippen molar-refractivity contribution in [1.29, 1.82) is 0 Å². The van der Waals surface area contributed by atoms with Crippen molar-refractivity contribution in [2.45, 2.75) is 0 Å². The van der Waals surface area contributed by atoms with Gasteiger partial charge in [0.1, 0.15) is 5.75 Å². The number of hydrogen-bond donors (Lipinski definition) is 2. The van der Waals surface area contributed by atoms with Gasteiger partial charge in [-0.15, -0.1) is 0 Å². The average molecular weight is 158 g/mol. The van der Waals surface area contributed by atoms with Crippen LogP contribution in [0.2, 0.25) is 0 Å². The lowest BCUT2D eigenvalue weighted by atomic mass is 10.2. The molecule has 0 aliphatic heterocycles. The molecule has 0 bridgehead atoms. The summed E-state index contributed by atoms with van der Waals surface area (Å²) in [6, 6.07) is 8.59. The zero-order valence-corrected chi connectivity index (χ0v) is 5.68. The highest BCUT2D eigenvalue weighted by Gasteiger charge is 2.09. The van der Waals surface area contributed by atoms with Gasteiger partial charge in [0.2, 0.25) is 0 Å². The van der Waals surface area contributed by atoms with Crippen molar-refractivity contribution in [3.8, 4) is 5.75 Å². The zero-order valence-electron chi connectivity index (χ0n) is 5.68. The number of para-hydroxylation sites is 1. The number of hydrogen-bond acceptors (Lipinski definition) is 3. The highest BCUT2D eigenvalue weighted by atomic mass is 19.0. The largest absolute Gasteiger partial charge is 0.707 e. The molecule has 1 aromatic carbocycles. The molecule has 0 aliphatic carbocycles. The van der Waals surface area contributed by atoms with E-state index in [1.807, 2.05) is 6.07 Å². The third-order valence-electron chi connectivity index (χ3n) is 0.985. The van der Waals surface area contributed by atoms with Crippen LogP contribution < -0.4 is 4.65 Å². The Morgan fingerprint density at radius 2 is 1.64 bits per heavy atom. The molecule has 0 atom stereocenters. The van der Waals surface area contributed by atoms with Crippen molar-refractivity contribution in [3.63, 3.8) is 0 Å². The van der Waals surface area contributed by atoms with Gasteiger partial charge in [-0.2, -0.15) is 0 Å². The summed E-state index contributed by atoms with van der Waals surface area (Å²) < 4.78 is 4.53. The maximum absolute atomic E-state index is 8.34. The molecule has 5 heteroatoms. The van der Waals surface area contributed by atoms with Gasteiger partial charge in [0, 0.05) is 0 Å². The van der Waals surface area contributed by atoms with E-state index in [-0.39, 0.29) is 4.70 Å². The Morgan fingerprint density at radius 1 is 1.09 bits per heavy atom. The van der Waals surface area contributed by atoms with Gasteiger partial charge in [0.05, 0.1) is 0 Å². The third-order valence-corrected chi connectivity index (χ3v) is 0.985. The molecule has 0 radical (unpaired) electrons. The van der Waals surface area contributed by atoms with Gasteiger partial charge in [-0.3, -0.25) is 4.70 Å². The SMILES string of the molecule is F.OB(O)Oc1ccccc1. The minimum Gasteiger partial charge on any atom is -0.512 e. The Hall–Kier alpha value is -1.07. The van der Waals surface area contributed by atoms with Crippen LogP contribution in [-0.2, 0) is 0 Å². The molecule has 1 rings (SSSR count). The molecule has 0 amide bonds. The van der Waals surface area contributed by atoms with Gasteiger partial charge in [0.15, 0.2) is 0 Å². The summed E-state index contributed by atoms with van der Waals surface area (Å²) in [5, 5.41) is 16.7. The standard InChI is InChI=1S/C6H7BO3.FH/c8-7(9)10-6-4-2-1-3-5-6;/h1-5,8-9H;1H. The molecule has 1 aromatic rings. The smallest absolute Gasteiger partial charge is 0.512 e. The van der Waals surface area contributed by atoms with E-state index in [1.54, 1.807) is 24.3 Å². The zero-order chi connectivity index (χ0) is 7.40. The lowest BCUT2D eigenvalue weighted by Gasteiger charge is -2.01. The van der Waals surface area contributed by atoms with E-state index in [1.165, 1.54) is 0 Å². The van der Waals surface area contributed by atoms with Crippen molar-refractivity contribution in [1.82, 2.24) is 0 Å².